The maximum absolute atomic E-state index is 12.2. The summed E-state index contributed by atoms with van der Waals surface area (Å²) in [6.07, 6.45) is 3.36. The first-order valence-corrected chi connectivity index (χ1v) is 8.09. The fraction of sp³-hybridized carbons (Fsp3) is 0.438. The molecule has 0 spiro atoms. The predicted molar refractivity (Wildman–Crippen MR) is 91.3 cm³/mol. The van der Waals surface area contributed by atoms with Gasteiger partial charge in [-0.2, -0.15) is 0 Å². The number of rotatable bonds is 8. The number of nitrogens with zero attached hydrogens (tertiary/aromatic N) is 3. The Morgan fingerprint density at radius 1 is 1.41 bits per heavy atom. The fourth-order valence-corrected chi connectivity index (χ4v) is 2.66. The van der Waals surface area contributed by atoms with Crippen LogP contribution in [0, 0.1) is 0 Å². The highest BCUT2D eigenvalue weighted by Gasteiger charge is 2.14. The molecular weight excluding hydrogens is 298 g/mol. The smallest absolute Gasteiger partial charge is 0.254 e. The maximum Gasteiger partial charge on any atom is 0.254 e. The van der Waals surface area contributed by atoms with Crippen molar-refractivity contribution in [1.29, 1.82) is 0 Å². The van der Waals surface area contributed by atoms with Crippen molar-refractivity contribution in [1.82, 2.24) is 14.5 Å². The van der Waals surface area contributed by atoms with E-state index in [-0.39, 0.29) is 23.1 Å². The summed E-state index contributed by atoms with van der Waals surface area (Å²) in [7, 11) is 1.66. The summed E-state index contributed by atoms with van der Waals surface area (Å²) in [6, 6.07) is 1.54. The first-order valence-electron chi connectivity index (χ1n) is 7.11. The highest BCUT2D eigenvalue weighted by atomic mass is 32.2. The average Bonchev–Trinajstić information content (AvgIpc) is 2.47. The van der Waals surface area contributed by atoms with Gasteiger partial charge in [0.1, 0.15) is 0 Å². The van der Waals surface area contributed by atoms with Crippen molar-refractivity contribution in [3.8, 4) is 0 Å². The number of carbonyl (C=O) groups excluding carboxylic acids is 1. The lowest BCUT2D eigenvalue weighted by Crippen LogP contribution is -2.33. The Balaban J connectivity index is 2.86. The van der Waals surface area contributed by atoms with E-state index >= 15 is 0 Å². The molecule has 22 heavy (non-hydrogen) atoms. The molecule has 1 amide bonds. The summed E-state index contributed by atoms with van der Waals surface area (Å²) in [4.78, 5) is 30.3. The predicted octanol–water partition coefficient (Wildman–Crippen LogP) is 2.20. The zero-order valence-electron chi connectivity index (χ0n) is 13.4. The SMILES string of the molecule is C=CCN(CC=C)C(=O)CSc1nc(C(C)C)cc(=O)n1C. The third kappa shape index (κ3) is 4.87. The van der Waals surface area contributed by atoms with Crippen molar-refractivity contribution in [2.45, 2.75) is 24.9 Å². The minimum Gasteiger partial charge on any atom is -0.335 e. The third-order valence-electron chi connectivity index (χ3n) is 3.08. The van der Waals surface area contributed by atoms with Gasteiger partial charge in [-0.1, -0.05) is 37.8 Å². The second-order valence-electron chi connectivity index (χ2n) is 5.18. The molecule has 0 aliphatic heterocycles. The van der Waals surface area contributed by atoms with Gasteiger partial charge in [0.15, 0.2) is 5.16 Å². The summed E-state index contributed by atoms with van der Waals surface area (Å²) in [6.45, 7) is 12.2. The van der Waals surface area contributed by atoms with Gasteiger partial charge in [-0.15, -0.1) is 13.2 Å². The highest BCUT2D eigenvalue weighted by molar-refractivity contribution is 7.99. The lowest BCUT2D eigenvalue weighted by molar-refractivity contribution is -0.127. The van der Waals surface area contributed by atoms with Crippen LogP contribution in [0.25, 0.3) is 0 Å². The van der Waals surface area contributed by atoms with E-state index in [0.29, 0.717) is 18.2 Å². The van der Waals surface area contributed by atoms with Gasteiger partial charge in [-0.25, -0.2) is 4.98 Å². The molecule has 0 saturated heterocycles. The normalized spacial score (nSPS) is 10.5. The van der Waals surface area contributed by atoms with Crippen molar-refractivity contribution in [2.75, 3.05) is 18.8 Å². The summed E-state index contributed by atoms with van der Waals surface area (Å²) >= 11 is 1.27. The molecule has 1 heterocycles. The lowest BCUT2D eigenvalue weighted by Gasteiger charge is -2.19. The molecule has 0 aliphatic carbocycles. The molecule has 0 N–H and O–H groups in total. The van der Waals surface area contributed by atoms with Gasteiger partial charge in [0, 0.05) is 26.2 Å². The topological polar surface area (TPSA) is 55.2 Å². The van der Waals surface area contributed by atoms with Crippen molar-refractivity contribution in [2.24, 2.45) is 7.05 Å². The van der Waals surface area contributed by atoms with Gasteiger partial charge in [0.05, 0.1) is 11.4 Å². The number of amides is 1. The average molecular weight is 321 g/mol. The van der Waals surface area contributed by atoms with E-state index in [4.69, 9.17) is 0 Å². The minimum absolute atomic E-state index is 0.0333. The Morgan fingerprint density at radius 2 is 2.00 bits per heavy atom. The van der Waals surface area contributed by atoms with Gasteiger partial charge >= 0.3 is 0 Å². The molecule has 1 aromatic heterocycles. The molecule has 6 heteroatoms. The van der Waals surface area contributed by atoms with Crippen LogP contribution in [0.4, 0.5) is 0 Å². The molecule has 0 atom stereocenters. The zero-order chi connectivity index (χ0) is 16.7. The Bertz CT molecular complexity index is 598. The molecule has 0 saturated carbocycles. The van der Waals surface area contributed by atoms with Gasteiger partial charge in [-0.3, -0.25) is 14.2 Å². The molecule has 0 bridgehead atoms. The molecule has 1 rings (SSSR count). The lowest BCUT2D eigenvalue weighted by atomic mass is 10.1. The van der Waals surface area contributed by atoms with Crippen LogP contribution in [0.5, 0.6) is 0 Å². The number of hydrogen-bond donors (Lipinski definition) is 0. The Morgan fingerprint density at radius 3 is 2.50 bits per heavy atom. The Kier molecular flexibility index (Phi) is 7.11. The molecule has 0 unspecified atom stereocenters. The van der Waals surface area contributed by atoms with Crippen molar-refractivity contribution in [3.63, 3.8) is 0 Å². The van der Waals surface area contributed by atoms with E-state index in [9.17, 15) is 9.59 Å². The van der Waals surface area contributed by atoms with Crippen LogP contribution in [0.3, 0.4) is 0 Å². The Hall–Kier alpha value is -1.82. The van der Waals surface area contributed by atoms with Crippen LogP contribution in [-0.2, 0) is 11.8 Å². The summed E-state index contributed by atoms with van der Waals surface area (Å²) in [5, 5.41) is 0.557. The molecule has 120 valence electrons. The van der Waals surface area contributed by atoms with Gasteiger partial charge in [0.2, 0.25) is 5.91 Å². The van der Waals surface area contributed by atoms with Crippen molar-refractivity contribution < 1.29 is 4.79 Å². The Labute approximate surface area is 135 Å². The molecule has 5 nitrogen and oxygen atoms in total. The van der Waals surface area contributed by atoms with Crippen LogP contribution in [0.15, 0.2) is 41.3 Å². The molecule has 0 radical (unpaired) electrons. The molecule has 1 aromatic rings. The molecule has 0 aliphatic rings. The number of thioether (sulfide) groups is 1. The zero-order valence-corrected chi connectivity index (χ0v) is 14.2. The van der Waals surface area contributed by atoms with E-state index in [1.165, 1.54) is 22.4 Å². The molecular formula is C16H23N3O2S. The monoisotopic (exact) mass is 321 g/mol. The van der Waals surface area contributed by atoms with E-state index < -0.39 is 0 Å². The third-order valence-corrected chi connectivity index (χ3v) is 4.10. The summed E-state index contributed by atoms with van der Waals surface area (Å²) in [5.41, 5.74) is 0.634. The van der Waals surface area contributed by atoms with Crippen LogP contribution in [-0.4, -0.2) is 39.2 Å². The van der Waals surface area contributed by atoms with Crippen LogP contribution >= 0.6 is 11.8 Å². The quantitative estimate of drug-likeness (QED) is 0.418. The number of aromatic nitrogens is 2. The second kappa shape index (κ2) is 8.58. The number of hydrogen-bond acceptors (Lipinski definition) is 4. The highest BCUT2D eigenvalue weighted by Crippen LogP contribution is 2.17. The van der Waals surface area contributed by atoms with E-state index in [1.54, 1.807) is 24.1 Å². The largest absolute Gasteiger partial charge is 0.335 e. The first kappa shape index (κ1) is 18.2. The van der Waals surface area contributed by atoms with Gasteiger partial charge in [-0.05, 0) is 5.92 Å². The summed E-state index contributed by atoms with van der Waals surface area (Å²) < 4.78 is 1.47. The maximum atomic E-state index is 12.2. The van der Waals surface area contributed by atoms with Crippen LogP contribution in [0.2, 0.25) is 0 Å². The standard InChI is InChI=1S/C16H23N3O2S/c1-6-8-19(9-7-2)15(21)11-22-16-17-13(12(3)4)10-14(20)18(16)5/h6-7,10,12H,1-2,8-9,11H2,3-5H3. The van der Waals surface area contributed by atoms with Gasteiger partial charge < -0.3 is 4.90 Å². The molecule has 0 aromatic carbocycles. The van der Waals surface area contributed by atoms with E-state index in [1.807, 2.05) is 13.8 Å². The van der Waals surface area contributed by atoms with E-state index in [0.717, 1.165) is 5.69 Å². The van der Waals surface area contributed by atoms with Crippen LogP contribution in [0.1, 0.15) is 25.5 Å². The fourth-order valence-electron chi connectivity index (χ4n) is 1.77. The summed E-state index contributed by atoms with van der Waals surface area (Å²) in [5.74, 6) is 0.361. The minimum atomic E-state index is -0.109. The second-order valence-corrected chi connectivity index (χ2v) is 6.12. The number of carbonyl (C=O) groups is 1. The van der Waals surface area contributed by atoms with E-state index in [2.05, 4.69) is 18.1 Å². The van der Waals surface area contributed by atoms with Crippen LogP contribution < -0.4 is 5.56 Å². The molecule has 0 fully saturated rings. The first-order chi connectivity index (χ1) is 10.4. The van der Waals surface area contributed by atoms with Gasteiger partial charge in [0.25, 0.3) is 5.56 Å². The van der Waals surface area contributed by atoms with Crippen molar-refractivity contribution >= 4 is 17.7 Å². The van der Waals surface area contributed by atoms with Crippen molar-refractivity contribution in [3.05, 3.63) is 47.4 Å².